The summed E-state index contributed by atoms with van der Waals surface area (Å²) in [7, 11) is 1.68. The van der Waals surface area contributed by atoms with E-state index in [1.807, 2.05) is 17.5 Å². The number of ether oxygens (including phenoxy) is 1. The minimum Gasteiger partial charge on any atom is -0.461 e. The smallest absolute Gasteiger partial charge is 0.358 e. The second-order valence-electron chi connectivity index (χ2n) is 3.94. The van der Waals surface area contributed by atoms with Crippen molar-refractivity contribution in [1.29, 1.82) is 0 Å². The molecule has 18 heavy (non-hydrogen) atoms. The lowest BCUT2D eigenvalue weighted by Crippen LogP contribution is -2.14. The van der Waals surface area contributed by atoms with Crippen molar-refractivity contribution < 1.29 is 9.53 Å². The number of nitrogens with two attached hydrogens (primary N) is 1. The summed E-state index contributed by atoms with van der Waals surface area (Å²) >= 11 is 1.65. The maximum absolute atomic E-state index is 11.9. The number of nitrogen functional groups attached to an aromatic ring is 1. The molecule has 0 saturated carbocycles. The summed E-state index contributed by atoms with van der Waals surface area (Å²) in [6.07, 6.45) is 0.722. The largest absolute Gasteiger partial charge is 0.461 e. The summed E-state index contributed by atoms with van der Waals surface area (Å²) in [4.78, 5) is 13.1. The monoisotopic (exact) mass is 265 g/mol. The van der Waals surface area contributed by atoms with Gasteiger partial charge in [0.05, 0.1) is 18.0 Å². The van der Waals surface area contributed by atoms with Crippen LogP contribution in [-0.2, 0) is 18.2 Å². The molecular weight excluding hydrogens is 250 g/mol. The summed E-state index contributed by atoms with van der Waals surface area (Å²) in [6.45, 7) is 2.11. The Bertz CT molecular complexity index is 546. The fraction of sp³-hybridized carbons (Fsp3) is 0.333. The van der Waals surface area contributed by atoms with Gasteiger partial charge in [0.15, 0.2) is 5.69 Å². The van der Waals surface area contributed by atoms with Crippen LogP contribution in [0.1, 0.15) is 21.1 Å². The van der Waals surface area contributed by atoms with Crippen LogP contribution < -0.4 is 5.73 Å². The normalized spacial score (nSPS) is 10.6. The average molecular weight is 265 g/mol. The van der Waals surface area contributed by atoms with Gasteiger partial charge in [0.2, 0.25) is 0 Å². The Balaban J connectivity index is 1.95. The molecule has 0 spiro atoms. The average Bonchev–Trinajstić information content (AvgIpc) is 2.89. The molecular formula is C12H15N3O2S. The fourth-order valence-corrected chi connectivity index (χ4v) is 2.37. The highest BCUT2D eigenvalue weighted by Crippen LogP contribution is 2.16. The molecule has 2 aromatic heterocycles. The summed E-state index contributed by atoms with van der Waals surface area (Å²) < 4.78 is 6.66. The number of nitrogens with zero attached hydrogens (tertiary/aromatic N) is 2. The molecule has 0 unspecified atom stereocenters. The van der Waals surface area contributed by atoms with Crippen LogP contribution in [0.5, 0.6) is 0 Å². The molecule has 0 aromatic carbocycles. The third-order valence-corrected chi connectivity index (χ3v) is 3.56. The molecule has 0 aliphatic rings. The Morgan fingerprint density at radius 3 is 2.94 bits per heavy atom. The van der Waals surface area contributed by atoms with Crippen molar-refractivity contribution in [2.75, 3.05) is 12.3 Å². The molecule has 2 aromatic rings. The molecule has 6 heteroatoms. The molecule has 0 aliphatic carbocycles. The van der Waals surface area contributed by atoms with Gasteiger partial charge in [-0.1, -0.05) is 6.07 Å². The molecule has 0 saturated heterocycles. The summed E-state index contributed by atoms with van der Waals surface area (Å²) in [5.74, 6) is -0.424. The van der Waals surface area contributed by atoms with E-state index in [-0.39, 0.29) is 0 Å². The van der Waals surface area contributed by atoms with Crippen molar-refractivity contribution in [3.63, 3.8) is 0 Å². The first-order valence-corrected chi connectivity index (χ1v) is 6.46. The van der Waals surface area contributed by atoms with Crippen LogP contribution in [0.25, 0.3) is 0 Å². The van der Waals surface area contributed by atoms with Crippen LogP contribution in [0.3, 0.4) is 0 Å². The number of anilines is 1. The Morgan fingerprint density at radius 1 is 1.61 bits per heavy atom. The molecule has 2 N–H and O–H groups in total. The fourth-order valence-electron chi connectivity index (χ4n) is 1.68. The number of carbonyl (C=O) groups is 1. The van der Waals surface area contributed by atoms with Crippen molar-refractivity contribution in [2.24, 2.45) is 7.05 Å². The van der Waals surface area contributed by atoms with Crippen LogP contribution in [-0.4, -0.2) is 22.4 Å². The van der Waals surface area contributed by atoms with Crippen LogP contribution in [0.4, 0.5) is 5.69 Å². The Hall–Kier alpha value is -1.82. The van der Waals surface area contributed by atoms with E-state index in [4.69, 9.17) is 10.5 Å². The van der Waals surface area contributed by atoms with Crippen LogP contribution in [0.2, 0.25) is 0 Å². The predicted molar refractivity (Wildman–Crippen MR) is 70.7 cm³/mol. The number of carbonyl (C=O) groups excluding carboxylic acids is 1. The van der Waals surface area contributed by atoms with E-state index in [2.05, 4.69) is 5.10 Å². The third kappa shape index (κ3) is 2.53. The minimum absolute atomic E-state index is 0.318. The van der Waals surface area contributed by atoms with Crippen LogP contribution >= 0.6 is 11.3 Å². The van der Waals surface area contributed by atoms with Crippen molar-refractivity contribution in [2.45, 2.75) is 13.3 Å². The lowest BCUT2D eigenvalue weighted by molar-refractivity contribution is 0.0498. The van der Waals surface area contributed by atoms with Crippen LogP contribution in [0, 0.1) is 6.92 Å². The number of thiophene rings is 1. The molecule has 0 fully saturated rings. The topological polar surface area (TPSA) is 70.1 Å². The molecule has 0 aliphatic heterocycles. The van der Waals surface area contributed by atoms with Crippen molar-refractivity contribution >= 4 is 23.0 Å². The van der Waals surface area contributed by atoms with E-state index in [9.17, 15) is 4.79 Å². The Labute approximate surface area is 109 Å². The van der Waals surface area contributed by atoms with Gasteiger partial charge in [-0.05, 0) is 18.4 Å². The number of esters is 1. The van der Waals surface area contributed by atoms with Gasteiger partial charge < -0.3 is 10.5 Å². The molecule has 5 nitrogen and oxygen atoms in total. The Morgan fingerprint density at radius 2 is 2.39 bits per heavy atom. The van der Waals surface area contributed by atoms with E-state index < -0.39 is 5.97 Å². The van der Waals surface area contributed by atoms with Crippen LogP contribution in [0.15, 0.2) is 17.5 Å². The SMILES string of the molecule is Cc1nn(C)c(C(=O)OCCc2cccs2)c1N. The molecule has 96 valence electrons. The number of aromatic nitrogens is 2. The second-order valence-corrected chi connectivity index (χ2v) is 4.97. The van der Waals surface area contributed by atoms with Crippen molar-refractivity contribution in [3.05, 3.63) is 33.8 Å². The van der Waals surface area contributed by atoms with Gasteiger partial charge in [-0.15, -0.1) is 11.3 Å². The summed E-state index contributed by atoms with van der Waals surface area (Å²) in [5, 5.41) is 6.08. The molecule has 0 bridgehead atoms. The van der Waals surface area contributed by atoms with Crippen molar-refractivity contribution in [3.8, 4) is 0 Å². The van der Waals surface area contributed by atoms with E-state index in [0.29, 0.717) is 23.7 Å². The zero-order valence-corrected chi connectivity index (χ0v) is 11.2. The summed E-state index contributed by atoms with van der Waals surface area (Å²) in [5.41, 5.74) is 7.14. The van der Waals surface area contributed by atoms with E-state index >= 15 is 0 Å². The van der Waals surface area contributed by atoms with E-state index in [1.54, 1.807) is 25.3 Å². The number of aryl methyl sites for hydroxylation is 2. The second kappa shape index (κ2) is 5.22. The zero-order chi connectivity index (χ0) is 13.1. The highest BCUT2D eigenvalue weighted by Gasteiger charge is 2.19. The number of rotatable bonds is 4. The first-order valence-electron chi connectivity index (χ1n) is 5.58. The van der Waals surface area contributed by atoms with E-state index in [0.717, 1.165) is 6.42 Å². The predicted octanol–water partition coefficient (Wildman–Crippen LogP) is 1.77. The van der Waals surface area contributed by atoms with Gasteiger partial charge in [-0.25, -0.2) is 4.79 Å². The molecule has 0 amide bonds. The van der Waals surface area contributed by atoms with Crippen molar-refractivity contribution in [1.82, 2.24) is 9.78 Å². The molecule has 0 radical (unpaired) electrons. The third-order valence-electron chi connectivity index (χ3n) is 2.62. The van der Waals surface area contributed by atoms with Gasteiger partial charge >= 0.3 is 5.97 Å². The lowest BCUT2D eigenvalue weighted by atomic mass is 10.3. The van der Waals surface area contributed by atoms with Gasteiger partial charge in [0, 0.05) is 18.3 Å². The number of hydrogen-bond donors (Lipinski definition) is 1. The van der Waals surface area contributed by atoms with Gasteiger partial charge in [0.1, 0.15) is 0 Å². The minimum atomic E-state index is -0.424. The maximum atomic E-state index is 11.9. The quantitative estimate of drug-likeness (QED) is 0.855. The summed E-state index contributed by atoms with van der Waals surface area (Å²) in [6, 6.07) is 3.99. The first kappa shape index (κ1) is 12.6. The van der Waals surface area contributed by atoms with Gasteiger partial charge in [0.25, 0.3) is 0 Å². The highest BCUT2D eigenvalue weighted by molar-refractivity contribution is 7.09. The first-order chi connectivity index (χ1) is 8.59. The zero-order valence-electron chi connectivity index (χ0n) is 10.3. The highest BCUT2D eigenvalue weighted by atomic mass is 32.1. The Kier molecular flexibility index (Phi) is 3.66. The molecule has 2 heterocycles. The molecule has 2 rings (SSSR count). The number of hydrogen-bond acceptors (Lipinski definition) is 5. The van der Waals surface area contributed by atoms with E-state index in [1.165, 1.54) is 9.56 Å². The maximum Gasteiger partial charge on any atom is 0.358 e. The van der Waals surface area contributed by atoms with Gasteiger partial charge in [-0.3, -0.25) is 4.68 Å². The molecule has 0 atom stereocenters. The van der Waals surface area contributed by atoms with Gasteiger partial charge in [-0.2, -0.15) is 5.10 Å². The lowest BCUT2D eigenvalue weighted by Gasteiger charge is -2.04. The standard InChI is InChI=1S/C12H15N3O2S/c1-8-10(13)11(15(2)14-8)12(16)17-6-5-9-4-3-7-18-9/h3-4,7H,5-6,13H2,1-2H3.